The first-order chi connectivity index (χ1) is 12.1. The van der Waals surface area contributed by atoms with Gasteiger partial charge in [-0.15, -0.1) is 0 Å². The predicted octanol–water partition coefficient (Wildman–Crippen LogP) is 3.77. The molecular formula is C20H32BrN3O2. The van der Waals surface area contributed by atoms with E-state index in [9.17, 15) is 9.59 Å². The van der Waals surface area contributed by atoms with Gasteiger partial charge in [-0.2, -0.15) is 0 Å². The van der Waals surface area contributed by atoms with Gasteiger partial charge in [0.15, 0.2) is 0 Å². The Balaban J connectivity index is 2.58. The molecule has 0 saturated carbocycles. The minimum Gasteiger partial charge on any atom is -0.341 e. The van der Waals surface area contributed by atoms with E-state index in [1.807, 2.05) is 30.0 Å². The minimum atomic E-state index is -0.120. The zero-order valence-corrected chi connectivity index (χ0v) is 18.4. The quantitative estimate of drug-likeness (QED) is 0.654. The highest BCUT2D eigenvalue weighted by Gasteiger charge is 2.19. The van der Waals surface area contributed by atoms with Gasteiger partial charge in [-0.25, -0.2) is 0 Å². The van der Waals surface area contributed by atoms with Crippen LogP contribution in [-0.2, 0) is 9.59 Å². The molecule has 1 rings (SSSR count). The first-order valence-electron chi connectivity index (χ1n) is 9.10. The van der Waals surface area contributed by atoms with E-state index in [1.165, 1.54) is 0 Å². The summed E-state index contributed by atoms with van der Waals surface area (Å²) in [7, 11) is 1.80. The fourth-order valence-corrected chi connectivity index (χ4v) is 3.22. The number of nitrogens with zero attached hydrogens (tertiary/aromatic N) is 2. The number of rotatable bonds is 9. The molecule has 0 aliphatic carbocycles. The van der Waals surface area contributed by atoms with Crippen LogP contribution in [0.1, 0.15) is 33.3 Å². The van der Waals surface area contributed by atoms with Gasteiger partial charge in [0.05, 0.1) is 13.1 Å². The van der Waals surface area contributed by atoms with Crippen LogP contribution in [0.15, 0.2) is 22.7 Å². The topological polar surface area (TPSA) is 52.7 Å². The molecule has 0 atom stereocenters. The summed E-state index contributed by atoms with van der Waals surface area (Å²) in [5, 5.41) is 2.91. The van der Waals surface area contributed by atoms with Crippen LogP contribution in [0.4, 0.5) is 5.69 Å². The number of amides is 2. The molecule has 0 unspecified atom stereocenters. The van der Waals surface area contributed by atoms with E-state index in [-0.39, 0.29) is 24.9 Å². The summed E-state index contributed by atoms with van der Waals surface area (Å²) in [4.78, 5) is 28.5. The second-order valence-electron chi connectivity index (χ2n) is 7.77. The Morgan fingerprint density at radius 1 is 1.08 bits per heavy atom. The fourth-order valence-electron chi connectivity index (χ4n) is 2.75. The molecular weight excluding hydrogens is 394 g/mol. The molecule has 1 N–H and O–H groups in total. The molecule has 1 aromatic rings. The van der Waals surface area contributed by atoms with Gasteiger partial charge in [-0.1, -0.05) is 43.6 Å². The first kappa shape index (κ1) is 22.6. The van der Waals surface area contributed by atoms with Crippen molar-refractivity contribution in [3.05, 3.63) is 28.2 Å². The third-order valence-corrected chi connectivity index (χ3v) is 4.30. The monoisotopic (exact) mass is 425 g/mol. The van der Waals surface area contributed by atoms with Gasteiger partial charge in [0.25, 0.3) is 0 Å². The van der Waals surface area contributed by atoms with Gasteiger partial charge in [-0.05, 0) is 49.6 Å². The smallest absolute Gasteiger partial charge is 0.238 e. The SMILES string of the molecule is Cc1cc(Br)ccc1NC(=O)CN(C)CC(=O)N(CC(C)C)CC(C)C. The van der Waals surface area contributed by atoms with Crippen molar-refractivity contribution in [3.8, 4) is 0 Å². The van der Waals surface area contributed by atoms with Crippen molar-refractivity contribution in [2.24, 2.45) is 11.8 Å². The van der Waals surface area contributed by atoms with E-state index in [1.54, 1.807) is 11.9 Å². The summed E-state index contributed by atoms with van der Waals surface area (Å²) in [6, 6.07) is 5.72. The van der Waals surface area contributed by atoms with Gasteiger partial charge >= 0.3 is 0 Å². The molecule has 6 heteroatoms. The summed E-state index contributed by atoms with van der Waals surface area (Å²) in [6.07, 6.45) is 0. The molecule has 2 amide bonds. The van der Waals surface area contributed by atoms with Crippen LogP contribution < -0.4 is 5.32 Å². The second-order valence-corrected chi connectivity index (χ2v) is 8.68. The lowest BCUT2D eigenvalue weighted by Crippen LogP contribution is -2.44. The molecule has 0 aliphatic rings. The highest BCUT2D eigenvalue weighted by Crippen LogP contribution is 2.19. The number of hydrogen-bond donors (Lipinski definition) is 1. The van der Waals surface area contributed by atoms with E-state index in [0.29, 0.717) is 11.8 Å². The van der Waals surface area contributed by atoms with Gasteiger partial charge in [0.2, 0.25) is 11.8 Å². The maximum absolute atomic E-state index is 12.6. The van der Waals surface area contributed by atoms with E-state index < -0.39 is 0 Å². The molecule has 0 spiro atoms. The zero-order valence-electron chi connectivity index (χ0n) is 16.8. The molecule has 0 saturated heterocycles. The van der Waals surface area contributed by atoms with Gasteiger partial charge in [0.1, 0.15) is 0 Å². The second kappa shape index (κ2) is 10.7. The summed E-state index contributed by atoms with van der Waals surface area (Å²) >= 11 is 3.41. The van der Waals surface area contributed by atoms with Gasteiger partial charge in [-0.3, -0.25) is 14.5 Å². The molecule has 0 radical (unpaired) electrons. The van der Waals surface area contributed by atoms with Crippen molar-refractivity contribution in [2.45, 2.75) is 34.6 Å². The third-order valence-electron chi connectivity index (χ3n) is 3.81. The Labute approximate surface area is 166 Å². The van der Waals surface area contributed by atoms with E-state index in [0.717, 1.165) is 28.8 Å². The number of halogens is 1. The number of carbonyl (C=O) groups is 2. The lowest BCUT2D eigenvalue weighted by atomic mass is 10.1. The Bertz CT molecular complexity index is 607. The van der Waals surface area contributed by atoms with Crippen molar-refractivity contribution in [1.29, 1.82) is 0 Å². The lowest BCUT2D eigenvalue weighted by molar-refractivity contribution is -0.133. The molecule has 146 valence electrons. The molecule has 0 aliphatic heterocycles. The van der Waals surface area contributed by atoms with Crippen molar-refractivity contribution < 1.29 is 9.59 Å². The Hall–Kier alpha value is -1.40. The number of benzene rings is 1. The third kappa shape index (κ3) is 8.32. The number of nitrogens with one attached hydrogen (secondary N) is 1. The Morgan fingerprint density at radius 3 is 2.15 bits per heavy atom. The summed E-state index contributed by atoms with van der Waals surface area (Å²) in [5.41, 5.74) is 1.78. The van der Waals surface area contributed by atoms with E-state index >= 15 is 0 Å². The van der Waals surface area contributed by atoms with Crippen LogP contribution in [0.3, 0.4) is 0 Å². The van der Waals surface area contributed by atoms with Crippen molar-refractivity contribution in [2.75, 3.05) is 38.5 Å². The Morgan fingerprint density at radius 2 is 1.65 bits per heavy atom. The van der Waals surface area contributed by atoms with Crippen LogP contribution >= 0.6 is 15.9 Å². The highest BCUT2D eigenvalue weighted by atomic mass is 79.9. The van der Waals surface area contributed by atoms with E-state index in [2.05, 4.69) is 48.9 Å². The van der Waals surface area contributed by atoms with Crippen LogP contribution in [0.25, 0.3) is 0 Å². The maximum atomic E-state index is 12.6. The molecule has 0 aromatic heterocycles. The van der Waals surface area contributed by atoms with Crippen LogP contribution in [0.5, 0.6) is 0 Å². The molecule has 26 heavy (non-hydrogen) atoms. The van der Waals surface area contributed by atoms with Gasteiger partial charge < -0.3 is 10.2 Å². The summed E-state index contributed by atoms with van der Waals surface area (Å²) < 4.78 is 0.978. The van der Waals surface area contributed by atoms with Crippen molar-refractivity contribution in [1.82, 2.24) is 9.80 Å². The zero-order chi connectivity index (χ0) is 19.9. The standard InChI is InChI=1S/C20H32BrN3O2/c1-14(2)10-24(11-15(3)4)20(26)13-23(6)12-19(25)22-18-8-7-17(21)9-16(18)5/h7-9,14-15H,10-13H2,1-6H3,(H,22,25). The molecule has 0 heterocycles. The lowest BCUT2D eigenvalue weighted by Gasteiger charge is -2.28. The Kier molecular flexibility index (Phi) is 9.30. The number of aryl methyl sites for hydroxylation is 1. The minimum absolute atomic E-state index is 0.0718. The highest BCUT2D eigenvalue weighted by molar-refractivity contribution is 9.10. The number of carbonyl (C=O) groups excluding carboxylic acids is 2. The number of hydrogen-bond acceptors (Lipinski definition) is 3. The van der Waals surface area contributed by atoms with Crippen LogP contribution in [0.2, 0.25) is 0 Å². The van der Waals surface area contributed by atoms with Crippen LogP contribution in [0, 0.1) is 18.8 Å². The normalized spacial score (nSPS) is 11.3. The maximum Gasteiger partial charge on any atom is 0.238 e. The van der Waals surface area contributed by atoms with Crippen molar-refractivity contribution >= 4 is 33.4 Å². The number of likely N-dealkylation sites (N-methyl/N-ethyl adjacent to an activating group) is 1. The van der Waals surface area contributed by atoms with Gasteiger partial charge in [0, 0.05) is 23.2 Å². The first-order valence-corrected chi connectivity index (χ1v) is 9.90. The molecule has 0 bridgehead atoms. The van der Waals surface area contributed by atoms with Crippen molar-refractivity contribution in [3.63, 3.8) is 0 Å². The molecule has 0 fully saturated rings. The van der Waals surface area contributed by atoms with E-state index in [4.69, 9.17) is 0 Å². The molecule has 5 nitrogen and oxygen atoms in total. The summed E-state index contributed by atoms with van der Waals surface area (Å²) in [6.45, 7) is 12.3. The largest absolute Gasteiger partial charge is 0.341 e. The average molecular weight is 426 g/mol. The summed E-state index contributed by atoms with van der Waals surface area (Å²) in [5.74, 6) is 0.797. The van der Waals surface area contributed by atoms with Crippen LogP contribution in [-0.4, -0.2) is 54.8 Å². The average Bonchev–Trinajstić information content (AvgIpc) is 2.48. The number of anilines is 1. The molecule has 1 aromatic carbocycles. The fraction of sp³-hybridized carbons (Fsp3) is 0.600. The predicted molar refractivity (Wildman–Crippen MR) is 111 cm³/mol.